The summed E-state index contributed by atoms with van der Waals surface area (Å²) in [4.78, 5) is 1.38. The predicted octanol–water partition coefficient (Wildman–Crippen LogP) is 5.51. The molecule has 1 nitrogen and oxygen atoms in total. The molecule has 4 heteroatoms. The summed E-state index contributed by atoms with van der Waals surface area (Å²) in [5, 5.41) is 3.68. The summed E-state index contributed by atoms with van der Waals surface area (Å²) in [5.41, 5.74) is 2.75. The second-order valence-corrected chi connectivity index (χ2v) is 8.27. The lowest BCUT2D eigenvalue weighted by Gasteiger charge is -2.20. The van der Waals surface area contributed by atoms with E-state index in [9.17, 15) is 0 Å². The number of halogens is 2. The Labute approximate surface area is 141 Å². The van der Waals surface area contributed by atoms with Crippen molar-refractivity contribution < 1.29 is 0 Å². The summed E-state index contributed by atoms with van der Waals surface area (Å²) in [6.07, 6.45) is 1.14. The van der Waals surface area contributed by atoms with Gasteiger partial charge in [-0.15, -0.1) is 11.3 Å². The van der Waals surface area contributed by atoms with E-state index < -0.39 is 0 Å². The van der Waals surface area contributed by atoms with Gasteiger partial charge >= 0.3 is 0 Å². The molecule has 102 valence electrons. The maximum absolute atomic E-state index is 3.68. The summed E-state index contributed by atoms with van der Waals surface area (Å²) in [6, 6.07) is 11.1. The van der Waals surface area contributed by atoms with Crippen molar-refractivity contribution in [2.75, 3.05) is 6.54 Å². The topological polar surface area (TPSA) is 12.0 Å². The summed E-state index contributed by atoms with van der Waals surface area (Å²) >= 11 is 7.83. The molecule has 0 spiro atoms. The number of benzene rings is 1. The molecule has 19 heavy (non-hydrogen) atoms. The van der Waals surface area contributed by atoms with Gasteiger partial charge in [0.25, 0.3) is 0 Å². The van der Waals surface area contributed by atoms with Crippen molar-refractivity contribution in [3.8, 4) is 0 Å². The second-order valence-electron chi connectivity index (χ2n) is 4.47. The molecule has 0 radical (unpaired) electrons. The highest BCUT2D eigenvalue weighted by Crippen LogP contribution is 2.35. The molecule has 1 aromatic heterocycles. The Morgan fingerprint density at radius 3 is 2.63 bits per heavy atom. The minimum atomic E-state index is 0.288. The third kappa shape index (κ3) is 3.80. The van der Waals surface area contributed by atoms with Crippen molar-refractivity contribution in [1.29, 1.82) is 0 Å². The quantitative estimate of drug-likeness (QED) is 0.593. The van der Waals surface area contributed by atoms with Crippen LogP contribution in [0.15, 0.2) is 34.1 Å². The fraction of sp³-hybridized carbons (Fsp3) is 0.333. The van der Waals surface area contributed by atoms with Gasteiger partial charge in [0.05, 0.1) is 9.83 Å². The third-order valence-corrected chi connectivity index (χ3v) is 5.60. The maximum Gasteiger partial charge on any atom is 0.0704 e. The first-order valence-electron chi connectivity index (χ1n) is 6.37. The van der Waals surface area contributed by atoms with Gasteiger partial charge < -0.3 is 5.32 Å². The molecule has 0 bridgehead atoms. The van der Waals surface area contributed by atoms with Gasteiger partial charge in [-0.2, -0.15) is 0 Å². The first-order valence-corrected chi connectivity index (χ1v) is 9.06. The monoisotopic (exact) mass is 449 g/mol. The van der Waals surface area contributed by atoms with Crippen molar-refractivity contribution in [3.05, 3.63) is 53.7 Å². The molecule has 0 saturated heterocycles. The third-order valence-electron chi connectivity index (χ3n) is 3.05. The lowest BCUT2D eigenvalue weighted by atomic mass is 9.99. The van der Waals surface area contributed by atoms with E-state index in [-0.39, 0.29) is 6.04 Å². The minimum absolute atomic E-state index is 0.288. The van der Waals surface area contributed by atoms with E-state index in [4.69, 9.17) is 0 Å². The van der Waals surface area contributed by atoms with E-state index in [2.05, 4.69) is 88.0 Å². The molecule has 2 aromatic rings. The average molecular weight is 450 g/mol. The maximum atomic E-state index is 3.68. The fourth-order valence-corrected chi connectivity index (χ4v) is 4.58. The molecule has 0 saturated carbocycles. The molecule has 1 heterocycles. The Kier molecular flexibility index (Phi) is 5.87. The van der Waals surface area contributed by atoms with E-state index in [0.29, 0.717) is 0 Å². The zero-order valence-corrected chi connectivity index (χ0v) is 15.6. The van der Waals surface area contributed by atoms with E-state index in [1.54, 1.807) is 11.3 Å². The number of hydrogen-bond acceptors (Lipinski definition) is 2. The lowest BCUT2D eigenvalue weighted by molar-refractivity contribution is 0.596. The molecule has 0 aliphatic heterocycles. The van der Waals surface area contributed by atoms with Crippen LogP contribution in [0.2, 0.25) is 0 Å². The first-order chi connectivity index (χ1) is 9.13. The Bertz CT molecular complexity index is 553. The molecular weight excluding hydrogens is 433 g/mol. The standard InChI is InChI=1S/C15H17BrINS/c1-3-8-18-15(11-6-4-5-7-13(11)17)12-9-14(16)19-10(12)2/h4-7,9,15,18H,3,8H2,1-2H3. The van der Waals surface area contributed by atoms with E-state index >= 15 is 0 Å². The highest BCUT2D eigenvalue weighted by Gasteiger charge is 2.19. The molecule has 0 amide bonds. The zero-order chi connectivity index (χ0) is 13.8. The van der Waals surface area contributed by atoms with Crippen LogP contribution in [0.25, 0.3) is 0 Å². The summed E-state index contributed by atoms with van der Waals surface area (Å²) < 4.78 is 2.52. The Hall–Kier alpha value is 0.0900. The van der Waals surface area contributed by atoms with Crippen LogP contribution in [0.1, 0.15) is 35.4 Å². The van der Waals surface area contributed by atoms with Crippen LogP contribution in [0, 0.1) is 10.5 Å². The smallest absolute Gasteiger partial charge is 0.0704 e. The fourth-order valence-electron chi connectivity index (χ4n) is 2.13. The summed E-state index contributed by atoms with van der Waals surface area (Å²) in [5.74, 6) is 0. The summed E-state index contributed by atoms with van der Waals surface area (Å²) in [6.45, 7) is 5.43. The number of nitrogens with one attached hydrogen (secondary N) is 1. The van der Waals surface area contributed by atoms with Crippen LogP contribution < -0.4 is 5.32 Å². The van der Waals surface area contributed by atoms with Crippen molar-refractivity contribution in [2.45, 2.75) is 26.3 Å². The van der Waals surface area contributed by atoms with Crippen LogP contribution in [0.3, 0.4) is 0 Å². The van der Waals surface area contributed by atoms with Crippen LogP contribution in [-0.2, 0) is 0 Å². The highest BCUT2D eigenvalue weighted by atomic mass is 127. The van der Waals surface area contributed by atoms with Gasteiger partial charge in [0, 0.05) is 8.45 Å². The SMILES string of the molecule is CCCNC(c1ccccc1I)c1cc(Br)sc1C. The molecule has 1 aromatic carbocycles. The molecule has 0 fully saturated rings. The molecule has 1 unspecified atom stereocenters. The van der Waals surface area contributed by atoms with Gasteiger partial charge in [0.2, 0.25) is 0 Å². The molecular formula is C15H17BrINS. The molecule has 1 atom stereocenters. The number of rotatable bonds is 5. The lowest BCUT2D eigenvalue weighted by Crippen LogP contribution is -2.24. The van der Waals surface area contributed by atoms with Gasteiger partial charge in [0.1, 0.15) is 0 Å². The van der Waals surface area contributed by atoms with Gasteiger partial charge in [-0.1, -0.05) is 25.1 Å². The van der Waals surface area contributed by atoms with E-state index in [1.807, 2.05) is 0 Å². The van der Waals surface area contributed by atoms with Gasteiger partial charge in [0.15, 0.2) is 0 Å². The minimum Gasteiger partial charge on any atom is -0.306 e. The van der Waals surface area contributed by atoms with Gasteiger partial charge in [-0.3, -0.25) is 0 Å². The normalized spacial score (nSPS) is 12.6. The molecule has 0 aliphatic carbocycles. The largest absolute Gasteiger partial charge is 0.306 e. The van der Waals surface area contributed by atoms with Crippen molar-refractivity contribution in [1.82, 2.24) is 5.32 Å². The van der Waals surface area contributed by atoms with Crippen molar-refractivity contribution >= 4 is 49.9 Å². The van der Waals surface area contributed by atoms with E-state index in [0.717, 1.165) is 13.0 Å². The van der Waals surface area contributed by atoms with Crippen LogP contribution in [0.4, 0.5) is 0 Å². The van der Waals surface area contributed by atoms with Crippen LogP contribution >= 0.6 is 49.9 Å². The predicted molar refractivity (Wildman–Crippen MR) is 96.1 cm³/mol. The van der Waals surface area contributed by atoms with Gasteiger partial charge in [-0.05, 0) is 81.7 Å². The first kappa shape index (κ1) is 15.5. The average Bonchev–Trinajstić information content (AvgIpc) is 2.71. The molecule has 0 aliphatic rings. The number of thiophene rings is 1. The second kappa shape index (κ2) is 7.20. The van der Waals surface area contributed by atoms with Crippen molar-refractivity contribution in [2.24, 2.45) is 0 Å². The summed E-state index contributed by atoms with van der Waals surface area (Å²) in [7, 11) is 0. The van der Waals surface area contributed by atoms with E-state index in [1.165, 1.54) is 23.4 Å². The Balaban J connectivity index is 2.41. The van der Waals surface area contributed by atoms with Crippen LogP contribution in [-0.4, -0.2) is 6.54 Å². The zero-order valence-electron chi connectivity index (χ0n) is 11.0. The highest BCUT2D eigenvalue weighted by molar-refractivity contribution is 14.1. The Morgan fingerprint density at radius 1 is 1.32 bits per heavy atom. The number of aryl methyl sites for hydroxylation is 1. The Morgan fingerprint density at radius 2 is 2.05 bits per heavy atom. The molecule has 1 N–H and O–H groups in total. The number of hydrogen-bond donors (Lipinski definition) is 1. The molecule has 2 rings (SSSR count). The van der Waals surface area contributed by atoms with Gasteiger partial charge in [-0.25, -0.2) is 0 Å². The van der Waals surface area contributed by atoms with Crippen LogP contribution in [0.5, 0.6) is 0 Å². The van der Waals surface area contributed by atoms with Crippen molar-refractivity contribution in [3.63, 3.8) is 0 Å².